The molecule has 0 saturated carbocycles. The minimum atomic E-state index is -0.262. The minimum absolute atomic E-state index is 0.0565. The van der Waals surface area contributed by atoms with Gasteiger partial charge in [-0.05, 0) is 79.0 Å². The van der Waals surface area contributed by atoms with E-state index in [1.807, 2.05) is 0 Å². The first kappa shape index (κ1) is 35.1. The Hall–Kier alpha value is -5.67. The lowest BCUT2D eigenvalue weighted by Gasteiger charge is -2.44. The molecule has 0 radical (unpaired) electrons. The Bertz CT molecular complexity index is 2610. The second-order valence-corrected chi connectivity index (χ2v) is 18.0. The molecule has 9 rings (SSSR count). The molecule has 6 aromatic carbocycles. The average Bonchev–Trinajstić information content (AvgIpc) is 3.39. The molecule has 0 fully saturated rings. The van der Waals surface area contributed by atoms with Crippen molar-refractivity contribution in [2.24, 2.45) is 0 Å². The Morgan fingerprint density at radius 2 is 0.818 bits per heavy atom. The fourth-order valence-corrected chi connectivity index (χ4v) is 10.1. The average molecular weight is 716 g/mol. The maximum absolute atomic E-state index is 5.37. The molecule has 7 aromatic rings. The summed E-state index contributed by atoms with van der Waals surface area (Å²) in [5.41, 5.74) is 15.7. The van der Waals surface area contributed by atoms with Crippen LogP contribution in [0.15, 0.2) is 140 Å². The molecule has 1 heterocycles. The largest absolute Gasteiger partial charge is 0.208 e. The molecule has 0 spiro atoms. The van der Waals surface area contributed by atoms with Crippen LogP contribution in [0.5, 0.6) is 0 Å². The van der Waals surface area contributed by atoms with E-state index >= 15 is 0 Å². The number of hydrogen-bond donors (Lipinski definition) is 0. The molecule has 0 atom stereocenters. The third-order valence-corrected chi connectivity index (χ3v) is 12.6. The molecule has 0 unspecified atom stereocenters. The topological polar surface area (TPSA) is 38.7 Å². The highest BCUT2D eigenvalue weighted by atomic mass is 15.0. The summed E-state index contributed by atoms with van der Waals surface area (Å²) in [5, 5.41) is 0. The third kappa shape index (κ3) is 5.66. The van der Waals surface area contributed by atoms with Crippen LogP contribution < -0.4 is 0 Å². The van der Waals surface area contributed by atoms with Gasteiger partial charge in [0, 0.05) is 27.5 Å². The first-order valence-electron chi connectivity index (χ1n) is 19.7. The number of aromatic nitrogens is 3. The number of hydrogen-bond acceptors (Lipinski definition) is 3. The van der Waals surface area contributed by atoms with Gasteiger partial charge in [0.1, 0.15) is 0 Å². The summed E-state index contributed by atoms with van der Waals surface area (Å²) >= 11 is 0. The smallest absolute Gasteiger partial charge is 0.164 e. The van der Waals surface area contributed by atoms with Crippen molar-refractivity contribution >= 4 is 0 Å². The lowest BCUT2D eigenvalue weighted by Crippen LogP contribution is -2.37. The number of benzene rings is 6. The van der Waals surface area contributed by atoms with Gasteiger partial charge in [-0.15, -0.1) is 0 Å². The van der Waals surface area contributed by atoms with Gasteiger partial charge >= 0.3 is 0 Å². The van der Waals surface area contributed by atoms with Crippen LogP contribution in [0, 0.1) is 0 Å². The molecule has 3 heteroatoms. The molecule has 55 heavy (non-hydrogen) atoms. The normalized spacial score (nSPS) is 16.9. The van der Waals surface area contributed by atoms with Crippen molar-refractivity contribution in [3.8, 4) is 56.4 Å². The number of fused-ring (bicyclic) bond motifs is 3. The highest BCUT2D eigenvalue weighted by Gasteiger charge is 2.44. The van der Waals surface area contributed by atoms with E-state index < -0.39 is 0 Å². The Kier molecular flexibility index (Phi) is 7.92. The fraction of sp³-hybridized carbons (Fsp3) is 0.250. The highest BCUT2D eigenvalue weighted by molar-refractivity contribution is 5.84. The highest BCUT2D eigenvalue weighted by Crippen LogP contribution is 2.53. The monoisotopic (exact) mass is 715 g/mol. The summed E-state index contributed by atoms with van der Waals surface area (Å²) in [6.45, 7) is 18.8. The van der Waals surface area contributed by atoms with Crippen molar-refractivity contribution < 1.29 is 0 Å². The second kappa shape index (κ2) is 12.4. The summed E-state index contributed by atoms with van der Waals surface area (Å²) in [7, 11) is 0. The van der Waals surface area contributed by atoms with Crippen LogP contribution in [0.2, 0.25) is 0 Å². The number of rotatable bonds is 5. The maximum atomic E-state index is 5.37. The Morgan fingerprint density at radius 1 is 0.345 bits per heavy atom. The maximum Gasteiger partial charge on any atom is 0.164 e. The van der Waals surface area contributed by atoms with Crippen LogP contribution in [0.3, 0.4) is 0 Å². The van der Waals surface area contributed by atoms with Crippen LogP contribution in [0.4, 0.5) is 0 Å². The van der Waals surface area contributed by atoms with Gasteiger partial charge in [0.25, 0.3) is 0 Å². The van der Waals surface area contributed by atoms with Gasteiger partial charge in [-0.25, -0.2) is 15.0 Å². The number of nitrogens with zero attached hydrogens (tertiary/aromatic N) is 3. The molecule has 0 amide bonds. The van der Waals surface area contributed by atoms with Gasteiger partial charge < -0.3 is 0 Å². The molecule has 0 N–H and O–H groups in total. The van der Waals surface area contributed by atoms with Crippen molar-refractivity contribution in [2.75, 3.05) is 0 Å². The minimum Gasteiger partial charge on any atom is -0.208 e. The Morgan fingerprint density at radius 3 is 1.49 bits per heavy atom. The third-order valence-electron chi connectivity index (χ3n) is 12.6. The van der Waals surface area contributed by atoms with E-state index in [-0.39, 0.29) is 21.7 Å². The Balaban J connectivity index is 1.23. The van der Waals surface area contributed by atoms with Crippen LogP contribution >= 0.6 is 0 Å². The quantitative estimate of drug-likeness (QED) is 0.178. The molecule has 0 bridgehead atoms. The van der Waals surface area contributed by atoms with Gasteiger partial charge in [-0.2, -0.15) is 0 Å². The first-order valence-corrected chi connectivity index (χ1v) is 19.7. The molecule has 1 aromatic heterocycles. The zero-order valence-electron chi connectivity index (χ0n) is 33.3. The zero-order valence-corrected chi connectivity index (χ0v) is 33.3. The van der Waals surface area contributed by atoms with Gasteiger partial charge in [0.05, 0.1) is 0 Å². The van der Waals surface area contributed by atoms with Crippen LogP contribution in [0.25, 0.3) is 56.4 Å². The zero-order chi connectivity index (χ0) is 38.3. The van der Waals surface area contributed by atoms with Gasteiger partial charge in [-0.3, -0.25) is 0 Å². The second-order valence-electron chi connectivity index (χ2n) is 18.0. The summed E-state index contributed by atoms with van der Waals surface area (Å²) in [6.07, 6.45) is 1.11. The fourth-order valence-electron chi connectivity index (χ4n) is 10.1. The molecular weight excluding hydrogens is 667 g/mol. The van der Waals surface area contributed by atoms with Crippen molar-refractivity contribution in [2.45, 2.75) is 83.5 Å². The van der Waals surface area contributed by atoms with Crippen molar-refractivity contribution in [1.82, 2.24) is 15.0 Å². The lowest BCUT2D eigenvalue weighted by atomic mass is 9.59. The van der Waals surface area contributed by atoms with Crippen LogP contribution in [-0.4, -0.2) is 15.0 Å². The first-order chi connectivity index (χ1) is 26.3. The lowest BCUT2D eigenvalue weighted by molar-refractivity contribution is 0.403. The predicted molar refractivity (Wildman–Crippen MR) is 228 cm³/mol. The van der Waals surface area contributed by atoms with E-state index in [0.717, 1.165) is 28.7 Å². The van der Waals surface area contributed by atoms with Gasteiger partial charge in [0.2, 0.25) is 0 Å². The molecule has 2 aliphatic carbocycles. The summed E-state index contributed by atoms with van der Waals surface area (Å²) in [6, 6.07) is 50.5. The van der Waals surface area contributed by atoms with Crippen LogP contribution in [-0.2, 0) is 21.7 Å². The predicted octanol–water partition coefficient (Wildman–Crippen LogP) is 13.1. The van der Waals surface area contributed by atoms with E-state index in [9.17, 15) is 0 Å². The SMILES string of the molecule is CC1(C)CC(C)(C)c2cc(-c3nc(-c4ccc(-c5ccccc5-c5ccccc5)cc4)nc(-c4cccc5c4C(C)(C)c4ccccc4C5(C)C)n3)ccc21. The van der Waals surface area contributed by atoms with E-state index in [2.05, 4.69) is 195 Å². The molecule has 2 aliphatic rings. The molecule has 0 aliphatic heterocycles. The Labute approximate surface area is 326 Å². The van der Waals surface area contributed by atoms with E-state index in [1.165, 1.54) is 50.1 Å². The molecule has 272 valence electrons. The molecular formula is C52H49N3. The summed E-state index contributed by atoms with van der Waals surface area (Å²) < 4.78 is 0. The van der Waals surface area contributed by atoms with Crippen molar-refractivity contribution in [3.05, 3.63) is 173 Å². The van der Waals surface area contributed by atoms with E-state index in [4.69, 9.17) is 15.0 Å². The summed E-state index contributed by atoms with van der Waals surface area (Å²) in [5.74, 6) is 2.08. The van der Waals surface area contributed by atoms with E-state index in [1.54, 1.807) is 0 Å². The van der Waals surface area contributed by atoms with Crippen molar-refractivity contribution in [1.29, 1.82) is 0 Å². The summed E-state index contributed by atoms with van der Waals surface area (Å²) in [4.78, 5) is 16.0. The molecule has 3 nitrogen and oxygen atoms in total. The van der Waals surface area contributed by atoms with Crippen LogP contribution in [0.1, 0.15) is 95.2 Å². The van der Waals surface area contributed by atoms with Crippen molar-refractivity contribution in [3.63, 3.8) is 0 Å². The van der Waals surface area contributed by atoms with Gasteiger partial charge in [0.15, 0.2) is 17.5 Å². The standard InChI is InChI=1S/C52H49N3/c1-49(2)32-50(3,4)44-31-36(29-30-40(44)49)47-53-46(35-27-25-34(26-28-35)38-20-13-12-19-37(38)33-17-10-9-11-18-33)54-48(55-47)39-21-16-24-43-45(39)52(7,8)42-23-15-14-22-41(42)51(43,5)6/h9-31H,32H2,1-8H3. The van der Waals surface area contributed by atoms with Gasteiger partial charge in [-0.1, -0.05) is 189 Å². The molecule has 0 saturated heterocycles. The van der Waals surface area contributed by atoms with E-state index in [0.29, 0.717) is 17.5 Å².